The van der Waals surface area contributed by atoms with Crippen molar-refractivity contribution in [2.45, 2.75) is 6.54 Å². The molecule has 86 valence electrons. The van der Waals surface area contributed by atoms with Crippen LogP contribution in [0.15, 0.2) is 24.3 Å². The van der Waals surface area contributed by atoms with Gasteiger partial charge in [-0.3, -0.25) is 9.69 Å². The minimum Gasteiger partial charge on any atom is -0.478 e. The van der Waals surface area contributed by atoms with Gasteiger partial charge in [-0.1, -0.05) is 12.1 Å². The SMILES string of the molecule is CN(CC(N)=O)Cc1cccc(C(=O)O)c1. The number of carbonyl (C=O) groups excluding carboxylic acids is 1. The molecule has 0 aliphatic carbocycles. The van der Waals surface area contributed by atoms with E-state index in [9.17, 15) is 9.59 Å². The molecule has 16 heavy (non-hydrogen) atoms. The summed E-state index contributed by atoms with van der Waals surface area (Å²) in [4.78, 5) is 23.1. The van der Waals surface area contributed by atoms with E-state index in [2.05, 4.69) is 0 Å². The molecule has 1 aromatic carbocycles. The highest BCUT2D eigenvalue weighted by Crippen LogP contribution is 2.07. The van der Waals surface area contributed by atoms with Crippen LogP contribution in [0.4, 0.5) is 0 Å². The first-order chi connectivity index (χ1) is 7.49. The Morgan fingerprint density at radius 2 is 2.12 bits per heavy atom. The standard InChI is InChI=1S/C11H14N2O3/c1-13(7-10(12)14)6-8-3-2-4-9(5-8)11(15)16/h2-5H,6-7H2,1H3,(H2,12,14)(H,15,16). The first-order valence-electron chi connectivity index (χ1n) is 4.78. The highest BCUT2D eigenvalue weighted by atomic mass is 16.4. The molecule has 0 saturated carbocycles. The molecule has 0 heterocycles. The third kappa shape index (κ3) is 3.70. The molecular weight excluding hydrogens is 208 g/mol. The fraction of sp³-hybridized carbons (Fsp3) is 0.273. The maximum atomic E-state index is 10.7. The molecule has 0 aliphatic rings. The van der Waals surface area contributed by atoms with Crippen LogP contribution in [0.1, 0.15) is 15.9 Å². The highest BCUT2D eigenvalue weighted by Gasteiger charge is 2.06. The van der Waals surface area contributed by atoms with Gasteiger partial charge in [0, 0.05) is 6.54 Å². The number of hydrogen-bond donors (Lipinski definition) is 2. The fourth-order valence-corrected chi connectivity index (χ4v) is 1.44. The van der Waals surface area contributed by atoms with Gasteiger partial charge >= 0.3 is 5.97 Å². The number of primary amides is 1. The lowest BCUT2D eigenvalue weighted by atomic mass is 10.1. The third-order valence-electron chi connectivity index (χ3n) is 2.05. The summed E-state index contributed by atoms with van der Waals surface area (Å²) < 4.78 is 0. The smallest absolute Gasteiger partial charge is 0.335 e. The summed E-state index contributed by atoms with van der Waals surface area (Å²) in [5, 5.41) is 8.80. The van der Waals surface area contributed by atoms with Crippen LogP contribution >= 0.6 is 0 Å². The Hall–Kier alpha value is -1.88. The summed E-state index contributed by atoms with van der Waals surface area (Å²) in [5.41, 5.74) is 6.13. The van der Waals surface area contributed by atoms with Gasteiger partial charge in [-0.2, -0.15) is 0 Å². The van der Waals surface area contributed by atoms with Crippen LogP contribution in [0, 0.1) is 0 Å². The van der Waals surface area contributed by atoms with E-state index in [-0.39, 0.29) is 12.1 Å². The molecule has 0 aliphatic heterocycles. The zero-order chi connectivity index (χ0) is 12.1. The molecule has 5 nitrogen and oxygen atoms in total. The normalized spacial score (nSPS) is 10.4. The number of carbonyl (C=O) groups is 2. The predicted octanol–water partition coefficient (Wildman–Crippen LogP) is 0.302. The third-order valence-corrected chi connectivity index (χ3v) is 2.05. The second kappa shape index (κ2) is 5.27. The lowest BCUT2D eigenvalue weighted by Gasteiger charge is -2.14. The monoisotopic (exact) mass is 222 g/mol. The highest BCUT2D eigenvalue weighted by molar-refractivity contribution is 5.87. The van der Waals surface area contributed by atoms with Gasteiger partial charge in [-0.15, -0.1) is 0 Å². The van der Waals surface area contributed by atoms with Gasteiger partial charge in [0.25, 0.3) is 0 Å². The fourth-order valence-electron chi connectivity index (χ4n) is 1.44. The Labute approximate surface area is 93.5 Å². The number of amides is 1. The van der Waals surface area contributed by atoms with Gasteiger partial charge in [0.1, 0.15) is 0 Å². The average Bonchev–Trinajstić information content (AvgIpc) is 2.16. The molecule has 0 bridgehead atoms. The van der Waals surface area contributed by atoms with Crippen LogP contribution < -0.4 is 5.73 Å². The minimum atomic E-state index is -0.959. The number of rotatable bonds is 5. The molecule has 1 amide bonds. The lowest BCUT2D eigenvalue weighted by molar-refractivity contribution is -0.118. The first kappa shape index (κ1) is 12.2. The molecular formula is C11H14N2O3. The van der Waals surface area contributed by atoms with Crippen LogP contribution in [-0.4, -0.2) is 35.5 Å². The Morgan fingerprint density at radius 1 is 1.44 bits per heavy atom. The second-order valence-electron chi connectivity index (χ2n) is 3.64. The number of nitrogens with two attached hydrogens (primary N) is 1. The van der Waals surface area contributed by atoms with Gasteiger partial charge in [0.05, 0.1) is 12.1 Å². The van der Waals surface area contributed by atoms with Crippen molar-refractivity contribution in [2.75, 3.05) is 13.6 Å². The zero-order valence-corrected chi connectivity index (χ0v) is 9.01. The molecule has 0 atom stereocenters. The minimum absolute atomic E-state index is 0.150. The van der Waals surface area contributed by atoms with Crippen molar-refractivity contribution in [2.24, 2.45) is 5.73 Å². The topological polar surface area (TPSA) is 83.6 Å². The van der Waals surface area contributed by atoms with Gasteiger partial charge in [-0.25, -0.2) is 4.79 Å². The molecule has 3 N–H and O–H groups in total. The van der Waals surface area contributed by atoms with E-state index in [1.807, 2.05) is 6.07 Å². The van der Waals surface area contributed by atoms with Crippen LogP contribution in [0.3, 0.4) is 0 Å². The maximum absolute atomic E-state index is 10.7. The van der Waals surface area contributed by atoms with Crippen molar-refractivity contribution < 1.29 is 14.7 Å². The van der Waals surface area contributed by atoms with E-state index >= 15 is 0 Å². The molecule has 1 aromatic rings. The predicted molar refractivity (Wildman–Crippen MR) is 58.9 cm³/mol. The van der Waals surface area contributed by atoms with E-state index < -0.39 is 11.9 Å². The van der Waals surface area contributed by atoms with Gasteiger partial charge in [-0.05, 0) is 24.7 Å². The molecule has 0 aromatic heterocycles. The lowest BCUT2D eigenvalue weighted by Crippen LogP contribution is -2.30. The largest absolute Gasteiger partial charge is 0.478 e. The number of carboxylic acids is 1. The van der Waals surface area contributed by atoms with Crippen molar-refractivity contribution in [3.05, 3.63) is 35.4 Å². The number of benzene rings is 1. The maximum Gasteiger partial charge on any atom is 0.335 e. The molecule has 0 radical (unpaired) electrons. The molecule has 1 rings (SSSR count). The van der Waals surface area contributed by atoms with Crippen LogP contribution in [0.2, 0.25) is 0 Å². The molecule has 0 unspecified atom stereocenters. The summed E-state index contributed by atoms with van der Waals surface area (Å²) in [5.74, 6) is -1.36. The summed E-state index contributed by atoms with van der Waals surface area (Å²) in [6, 6.07) is 6.60. The Balaban J connectivity index is 2.70. The van der Waals surface area contributed by atoms with E-state index in [0.29, 0.717) is 6.54 Å². The van der Waals surface area contributed by atoms with Crippen molar-refractivity contribution >= 4 is 11.9 Å². The average molecular weight is 222 g/mol. The first-order valence-corrected chi connectivity index (χ1v) is 4.78. The van der Waals surface area contributed by atoms with Gasteiger partial charge in [0.15, 0.2) is 0 Å². The zero-order valence-electron chi connectivity index (χ0n) is 9.01. The summed E-state index contributed by atoms with van der Waals surface area (Å²) in [6.07, 6.45) is 0. The Morgan fingerprint density at radius 3 is 2.69 bits per heavy atom. The van der Waals surface area contributed by atoms with E-state index in [0.717, 1.165) is 5.56 Å². The van der Waals surface area contributed by atoms with Crippen molar-refractivity contribution in [1.82, 2.24) is 4.90 Å². The molecule has 0 spiro atoms. The van der Waals surface area contributed by atoms with Gasteiger partial charge in [0.2, 0.25) is 5.91 Å². The quantitative estimate of drug-likeness (QED) is 0.750. The van der Waals surface area contributed by atoms with Crippen LogP contribution in [-0.2, 0) is 11.3 Å². The summed E-state index contributed by atoms with van der Waals surface area (Å²) >= 11 is 0. The number of carboxylic acid groups (broad SMARTS) is 1. The van der Waals surface area contributed by atoms with Crippen molar-refractivity contribution in [3.8, 4) is 0 Å². The van der Waals surface area contributed by atoms with Crippen LogP contribution in [0.5, 0.6) is 0 Å². The molecule has 5 heteroatoms. The molecule has 0 saturated heterocycles. The van der Waals surface area contributed by atoms with E-state index in [1.54, 1.807) is 24.1 Å². The summed E-state index contributed by atoms with van der Waals surface area (Å²) in [6.45, 7) is 0.640. The Kier molecular flexibility index (Phi) is 4.02. The summed E-state index contributed by atoms with van der Waals surface area (Å²) in [7, 11) is 1.75. The number of nitrogens with zero attached hydrogens (tertiary/aromatic N) is 1. The second-order valence-corrected chi connectivity index (χ2v) is 3.64. The van der Waals surface area contributed by atoms with Gasteiger partial charge < -0.3 is 10.8 Å². The van der Waals surface area contributed by atoms with E-state index in [4.69, 9.17) is 10.8 Å². The van der Waals surface area contributed by atoms with E-state index in [1.165, 1.54) is 6.07 Å². The van der Waals surface area contributed by atoms with Crippen molar-refractivity contribution in [3.63, 3.8) is 0 Å². The number of hydrogen-bond acceptors (Lipinski definition) is 3. The molecule has 0 fully saturated rings. The number of likely N-dealkylation sites (N-methyl/N-ethyl adjacent to an activating group) is 1. The van der Waals surface area contributed by atoms with Crippen LogP contribution in [0.25, 0.3) is 0 Å². The Bertz CT molecular complexity index is 404. The van der Waals surface area contributed by atoms with Crippen molar-refractivity contribution in [1.29, 1.82) is 0 Å². The number of aromatic carboxylic acids is 1.